The molecule has 0 radical (unpaired) electrons. The van der Waals surface area contributed by atoms with Gasteiger partial charge in [0.2, 0.25) is 11.8 Å². The first kappa shape index (κ1) is 9.67. The number of hydrogen-bond acceptors (Lipinski definition) is 5. The smallest absolute Gasteiger partial charge is 0.247 e. The number of benzene rings is 1. The lowest BCUT2D eigenvalue weighted by Crippen LogP contribution is -1.82. The highest BCUT2D eigenvalue weighted by molar-refractivity contribution is 5.53. The second kappa shape index (κ2) is 4.10. The average Bonchev–Trinajstić information content (AvgIpc) is 2.78. The van der Waals surface area contributed by atoms with Crippen molar-refractivity contribution >= 4 is 0 Å². The van der Waals surface area contributed by atoms with E-state index in [0.29, 0.717) is 5.89 Å². The summed E-state index contributed by atoms with van der Waals surface area (Å²) in [5, 5.41) is 16.2. The van der Waals surface area contributed by atoms with Gasteiger partial charge in [0.25, 0.3) is 0 Å². The molecule has 0 unspecified atom stereocenters. The number of rotatable bonds is 3. The van der Waals surface area contributed by atoms with Crippen LogP contribution >= 0.6 is 0 Å². The third-order valence-electron chi connectivity index (χ3n) is 1.94. The minimum atomic E-state index is -0.247. The van der Waals surface area contributed by atoms with Gasteiger partial charge in [0.05, 0.1) is 7.11 Å². The second-order valence-corrected chi connectivity index (χ2v) is 2.89. The van der Waals surface area contributed by atoms with Gasteiger partial charge in [0.15, 0.2) is 0 Å². The van der Waals surface area contributed by atoms with Crippen LogP contribution in [0.15, 0.2) is 28.7 Å². The van der Waals surface area contributed by atoms with Crippen LogP contribution in [0.4, 0.5) is 0 Å². The van der Waals surface area contributed by atoms with E-state index in [0.717, 1.165) is 11.3 Å². The van der Waals surface area contributed by atoms with E-state index in [4.69, 9.17) is 14.3 Å². The molecule has 15 heavy (non-hydrogen) atoms. The number of aliphatic hydroxyl groups excluding tert-OH is 1. The first-order valence-electron chi connectivity index (χ1n) is 4.41. The summed E-state index contributed by atoms with van der Waals surface area (Å²) in [5.41, 5.74) is 0.794. The molecule has 0 saturated carbocycles. The van der Waals surface area contributed by atoms with Crippen LogP contribution in [-0.4, -0.2) is 22.4 Å². The molecule has 0 aliphatic carbocycles. The van der Waals surface area contributed by atoms with Crippen molar-refractivity contribution in [3.8, 4) is 17.2 Å². The average molecular weight is 206 g/mol. The Balaban J connectivity index is 2.28. The Morgan fingerprint density at radius 2 is 2.00 bits per heavy atom. The van der Waals surface area contributed by atoms with Crippen molar-refractivity contribution in [2.45, 2.75) is 6.61 Å². The Labute approximate surface area is 86.3 Å². The molecule has 0 aliphatic heterocycles. The summed E-state index contributed by atoms with van der Waals surface area (Å²) in [4.78, 5) is 0. The number of methoxy groups -OCH3 is 1. The van der Waals surface area contributed by atoms with Crippen LogP contribution in [0.3, 0.4) is 0 Å². The van der Waals surface area contributed by atoms with Gasteiger partial charge >= 0.3 is 0 Å². The molecule has 0 saturated heterocycles. The van der Waals surface area contributed by atoms with Gasteiger partial charge in [-0.15, -0.1) is 10.2 Å². The number of aromatic nitrogens is 2. The Morgan fingerprint density at radius 3 is 2.53 bits per heavy atom. The zero-order valence-electron chi connectivity index (χ0n) is 8.17. The lowest BCUT2D eigenvalue weighted by Gasteiger charge is -1.98. The van der Waals surface area contributed by atoms with Gasteiger partial charge in [-0.1, -0.05) is 0 Å². The first-order valence-corrected chi connectivity index (χ1v) is 4.41. The molecule has 0 atom stereocenters. The molecule has 1 aromatic heterocycles. The summed E-state index contributed by atoms with van der Waals surface area (Å²) in [7, 11) is 1.60. The Morgan fingerprint density at radius 1 is 1.27 bits per heavy atom. The van der Waals surface area contributed by atoms with Gasteiger partial charge in [-0.05, 0) is 24.3 Å². The van der Waals surface area contributed by atoms with E-state index < -0.39 is 0 Å². The molecule has 5 heteroatoms. The number of hydrogen-bond donors (Lipinski definition) is 1. The normalized spacial score (nSPS) is 10.3. The van der Waals surface area contributed by atoms with Crippen LogP contribution in [0, 0.1) is 0 Å². The topological polar surface area (TPSA) is 68.4 Å². The van der Waals surface area contributed by atoms with Crippen LogP contribution < -0.4 is 4.74 Å². The fraction of sp³-hybridized carbons (Fsp3) is 0.200. The van der Waals surface area contributed by atoms with Gasteiger partial charge < -0.3 is 14.3 Å². The van der Waals surface area contributed by atoms with Crippen LogP contribution in [0.1, 0.15) is 5.89 Å². The second-order valence-electron chi connectivity index (χ2n) is 2.89. The number of ether oxygens (including phenoxy) is 1. The maximum absolute atomic E-state index is 8.76. The highest BCUT2D eigenvalue weighted by Crippen LogP contribution is 2.20. The molecule has 78 valence electrons. The summed E-state index contributed by atoms with van der Waals surface area (Å²) in [5.74, 6) is 1.36. The van der Waals surface area contributed by atoms with E-state index in [1.165, 1.54) is 0 Å². The summed E-state index contributed by atoms with van der Waals surface area (Å²) in [6.07, 6.45) is 0. The summed E-state index contributed by atoms with van der Waals surface area (Å²) >= 11 is 0. The monoisotopic (exact) mass is 206 g/mol. The fourth-order valence-corrected chi connectivity index (χ4v) is 1.17. The molecule has 5 nitrogen and oxygen atoms in total. The lowest BCUT2D eigenvalue weighted by atomic mass is 10.2. The molecular weight excluding hydrogens is 196 g/mol. The first-order chi connectivity index (χ1) is 7.33. The highest BCUT2D eigenvalue weighted by Gasteiger charge is 2.07. The van der Waals surface area contributed by atoms with Gasteiger partial charge in [0.1, 0.15) is 12.4 Å². The van der Waals surface area contributed by atoms with Crippen LogP contribution in [0.2, 0.25) is 0 Å². The van der Waals surface area contributed by atoms with Crippen molar-refractivity contribution < 1.29 is 14.3 Å². The van der Waals surface area contributed by atoms with Gasteiger partial charge in [-0.3, -0.25) is 0 Å². The molecule has 0 spiro atoms. The van der Waals surface area contributed by atoms with E-state index in [9.17, 15) is 0 Å². The van der Waals surface area contributed by atoms with Crippen LogP contribution in [-0.2, 0) is 6.61 Å². The molecule has 0 fully saturated rings. The Bertz CT molecular complexity index is 436. The maximum Gasteiger partial charge on any atom is 0.247 e. The molecular formula is C10H10N2O3. The number of nitrogens with zero attached hydrogens (tertiary/aromatic N) is 2. The molecule has 0 bridgehead atoms. The largest absolute Gasteiger partial charge is 0.497 e. The van der Waals surface area contributed by atoms with Crippen molar-refractivity contribution in [2.75, 3.05) is 7.11 Å². The SMILES string of the molecule is COc1ccc(-c2nnc(CO)o2)cc1. The molecule has 1 aromatic carbocycles. The fourth-order valence-electron chi connectivity index (χ4n) is 1.17. The maximum atomic E-state index is 8.76. The van der Waals surface area contributed by atoms with Crippen molar-refractivity contribution in [3.05, 3.63) is 30.2 Å². The summed E-state index contributed by atoms with van der Waals surface area (Å²) < 4.78 is 10.2. The van der Waals surface area contributed by atoms with Gasteiger partial charge in [0, 0.05) is 5.56 Å². The zero-order chi connectivity index (χ0) is 10.7. The van der Waals surface area contributed by atoms with Gasteiger partial charge in [-0.2, -0.15) is 0 Å². The third-order valence-corrected chi connectivity index (χ3v) is 1.94. The lowest BCUT2D eigenvalue weighted by molar-refractivity contribution is 0.241. The molecule has 2 aromatic rings. The van der Waals surface area contributed by atoms with Crippen molar-refractivity contribution in [1.29, 1.82) is 0 Å². The minimum Gasteiger partial charge on any atom is -0.497 e. The number of aliphatic hydroxyl groups is 1. The van der Waals surface area contributed by atoms with Gasteiger partial charge in [-0.25, -0.2) is 0 Å². The van der Waals surface area contributed by atoms with E-state index in [-0.39, 0.29) is 12.5 Å². The third kappa shape index (κ3) is 1.97. The Kier molecular flexibility index (Phi) is 2.64. The van der Waals surface area contributed by atoms with Crippen molar-refractivity contribution in [2.24, 2.45) is 0 Å². The quantitative estimate of drug-likeness (QED) is 0.818. The minimum absolute atomic E-state index is 0.209. The van der Waals surface area contributed by atoms with E-state index >= 15 is 0 Å². The standard InChI is InChI=1S/C10H10N2O3/c1-14-8-4-2-7(3-5-8)10-12-11-9(6-13)15-10/h2-5,13H,6H2,1H3. The zero-order valence-corrected chi connectivity index (χ0v) is 8.17. The predicted octanol–water partition coefficient (Wildman–Crippen LogP) is 1.24. The summed E-state index contributed by atoms with van der Waals surface area (Å²) in [6.45, 7) is -0.247. The highest BCUT2D eigenvalue weighted by atomic mass is 16.5. The molecule has 0 aliphatic rings. The predicted molar refractivity (Wildman–Crippen MR) is 52.2 cm³/mol. The van der Waals surface area contributed by atoms with E-state index in [1.54, 1.807) is 19.2 Å². The molecule has 0 amide bonds. The van der Waals surface area contributed by atoms with Crippen LogP contribution in [0.5, 0.6) is 5.75 Å². The van der Waals surface area contributed by atoms with Crippen LogP contribution in [0.25, 0.3) is 11.5 Å². The summed E-state index contributed by atoms with van der Waals surface area (Å²) in [6, 6.07) is 7.23. The molecule has 1 N–H and O–H groups in total. The molecule has 2 rings (SSSR count). The van der Waals surface area contributed by atoms with Crippen molar-refractivity contribution in [3.63, 3.8) is 0 Å². The van der Waals surface area contributed by atoms with E-state index in [1.807, 2.05) is 12.1 Å². The van der Waals surface area contributed by atoms with E-state index in [2.05, 4.69) is 10.2 Å². The Hall–Kier alpha value is -1.88. The molecule has 1 heterocycles. The van der Waals surface area contributed by atoms with Crippen molar-refractivity contribution in [1.82, 2.24) is 10.2 Å².